The van der Waals surface area contributed by atoms with Crippen LogP contribution in [0, 0.1) is 12.8 Å². The van der Waals surface area contributed by atoms with Gasteiger partial charge in [0.2, 0.25) is 0 Å². The van der Waals surface area contributed by atoms with Crippen LogP contribution in [0.15, 0.2) is 0 Å². The van der Waals surface area contributed by atoms with E-state index in [2.05, 4.69) is 24.5 Å². The summed E-state index contributed by atoms with van der Waals surface area (Å²) in [6.07, 6.45) is 0.975. The van der Waals surface area contributed by atoms with Gasteiger partial charge in [0.15, 0.2) is 5.11 Å². The van der Waals surface area contributed by atoms with E-state index in [0.29, 0.717) is 32.0 Å². The number of carbonyl (C=O) groups excluding carboxylic acids is 2. The van der Waals surface area contributed by atoms with Crippen LogP contribution in [0.4, 0.5) is 5.00 Å². The number of nitrogens with one attached hydrogen (secondary N) is 2. The molecule has 0 fully saturated rings. The molecule has 1 aromatic rings. The van der Waals surface area contributed by atoms with E-state index in [-0.39, 0.29) is 0 Å². The van der Waals surface area contributed by atoms with E-state index in [4.69, 9.17) is 21.7 Å². The zero-order valence-electron chi connectivity index (χ0n) is 13.9. The Morgan fingerprint density at radius 3 is 2.35 bits per heavy atom. The van der Waals surface area contributed by atoms with Crippen molar-refractivity contribution < 1.29 is 19.1 Å². The van der Waals surface area contributed by atoms with Gasteiger partial charge in [-0.1, -0.05) is 13.8 Å². The first kappa shape index (κ1) is 19.4. The van der Waals surface area contributed by atoms with E-state index in [1.165, 1.54) is 14.2 Å². The Bertz CT molecular complexity index is 597. The minimum atomic E-state index is -0.526. The number of ether oxygens (including phenoxy) is 2. The molecule has 2 N–H and O–H groups in total. The lowest BCUT2D eigenvalue weighted by molar-refractivity contribution is 0.0601. The zero-order chi connectivity index (χ0) is 17.6. The predicted octanol–water partition coefficient (Wildman–Crippen LogP) is 2.96. The third kappa shape index (κ3) is 5.18. The molecular weight excluding hydrogens is 336 g/mol. The first-order valence-electron chi connectivity index (χ1n) is 7.16. The fourth-order valence-corrected chi connectivity index (χ4v) is 3.24. The second-order valence-corrected chi connectivity index (χ2v) is 6.74. The van der Waals surface area contributed by atoms with Gasteiger partial charge in [-0.3, -0.25) is 0 Å². The molecule has 23 heavy (non-hydrogen) atoms. The lowest BCUT2D eigenvalue weighted by Gasteiger charge is -2.11. The first-order valence-corrected chi connectivity index (χ1v) is 8.39. The molecule has 128 valence electrons. The lowest BCUT2D eigenvalue weighted by Crippen LogP contribution is -2.30. The first-order chi connectivity index (χ1) is 10.8. The summed E-state index contributed by atoms with van der Waals surface area (Å²) in [4.78, 5) is 24.1. The van der Waals surface area contributed by atoms with Crippen molar-refractivity contribution in [2.45, 2.75) is 27.2 Å². The molecule has 0 aliphatic carbocycles. The van der Waals surface area contributed by atoms with Gasteiger partial charge in [-0.2, -0.15) is 0 Å². The van der Waals surface area contributed by atoms with Crippen LogP contribution in [0.1, 0.15) is 45.9 Å². The second kappa shape index (κ2) is 8.83. The van der Waals surface area contributed by atoms with Gasteiger partial charge < -0.3 is 20.1 Å². The highest BCUT2D eigenvalue weighted by Gasteiger charge is 2.26. The minimum Gasteiger partial charge on any atom is -0.465 e. The number of anilines is 1. The van der Waals surface area contributed by atoms with Gasteiger partial charge in [-0.25, -0.2) is 9.59 Å². The fourth-order valence-electron chi connectivity index (χ4n) is 1.86. The molecule has 0 unspecified atom stereocenters. The summed E-state index contributed by atoms with van der Waals surface area (Å²) in [5.41, 5.74) is 0.812. The highest BCUT2D eigenvalue weighted by Crippen LogP contribution is 2.34. The summed E-state index contributed by atoms with van der Waals surface area (Å²) in [6, 6.07) is 0. The molecule has 1 heterocycles. The third-order valence-electron chi connectivity index (χ3n) is 3.14. The van der Waals surface area contributed by atoms with Crippen LogP contribution >= 0.6 is 23.6 Å². The highest BCUT2D eigenvalue weighted by atomic mass is 32.1. The van der Waals surface area contributed by atoms with Crippen molar-refractivity contribution in [3.63, 3.8) is 0 Å². The van der Waals surface area contributed by atoms with Crippen molar-refractivity contribution in [2.75, 3.05) is 26.1 Å². The van der Waals surface area contributed by atoms with Gasteiger partial charge in [0.1, 0.15) is 9.88 Å². The number of esters is 2. The van der Waals surface area contributed by atoms with Gasteiger partial charge in [0.05, 0.1) is 19.8 Å². The van der Waals surface area contributed by atoms with Crippen molar-refractivity contribution in [3.05, 3.63) is 16.0 Å². The zero-order valence-corrected chi connectivity index (χ0v) is 15.6. The Hall–Kier alpha value is -1.67. The topological polar surface area (TPSA) is 76.7 Å². The van der Waals surface area contributed by atoms with Crippen LogP contribution < -0.4 is 10.6 Å². The Labute approximate surface area is 145 Å². The molecule has 0 saturated carbocycles. The number of methoxy groups -OCH3 is 2. The molecule has 0 bridgehead atoms. The van der Waals surface area contributed by atoms with Gasteiger partial charge in [0.25, 0.3) is 0 Å². The van der Waals surface area contributed by atoms with Crippen molar-refractivity contribution in [2.24, 2.45) is 5.92 Å². The van der Waals surface area contributed by atoms with Gasteiger partial charge in [-0.05, 0) is 37.0 Å². The molecule has 0 spiro atoms. The summed E-state index contributed by atoms with van der Waals surface area (Å²) >= 11 is 6.35. The maximum absolute atomic E-state index is 12.0. The SMILES string of the molecule is COC(=O)c1sc(NC(=S)NCCC(C)C)c(C(=O)OC)c1C. The summed E-state index contributed by atoms with van der Waals surface area (Å²) in [5, 5.41) is 6.91. The molecule has 0 aliphatic rings. The van der Waals surface area contributed by atoms with Crippen LogP contribution in [0.3, 0.4) is 0 Å². The smallest absolute Gasteiger partial charge is 0.348 e. The minimum absolute atomic E-state index is 0.297. The maximum atomic E-state index is 12.0. The molecule has 1 rings (SSSR count). The van der Waals surface area contributed by atoms with Crippen molar-refractivity contribution in [3.8, 4) is 0 Å². The van der Waals surface area contributed by atoms with Crippen LogP contribution in [0.25, 0.3) is 0 Å². The van der Waals surface area contributed by atoms with E-state index in [9.17, 15) is 9.59 Å². The van der Waals surface area contributed by atoms with Crippen LogP contribution in [0.5, 0.6) is 0 Å². The number of rotatable bonds is 6. The molecular formula is C15H22N2O4S2. The second-order valence-electron chi connectivity index (χ2n) is 5.31. The fraction of sp³-hybridized carbons (Fsp3) is 0.533. The van der Waals surface area contributed by atoms with Crippen LogP contribution in [-0.2, 0) is 9.47 Å². The third-order valence-corrected chi connectivity index (χ3v) is 4.58. The van der Waals surface area contributed by atoms with Crippen molar-refractivity contribution in [1.29, 1.82) is 0 Å². The molecule has 0 atom stereocenters. The van der Waals surface area contributed by atoms with Crippen molar-refractivity contribution >= 4 is 45.6 Å². The standard InChI is InChI=1S/C15H22N2O4S2/c1-8(2)6-7-16-15(22)17-12-10(13(18)20-4)9(3)11(23-12)14(19)21-5/h8H,6-7H2,1-5H3,(H2,16,17,22). The molecule has 0 radical (unpaired) electrons. The van der Waals surface area contributed by atoms with Crippen LogP contribution in [0.2, 0.25) is 0 Å². The molecule has 1 aromatic heterocycles. The summed E-state index contributed by atoms with van der Waals surface area (Å²) < 4.78 is 9.53. The Morgan fingerprint density at radius 1 is 1.22 bits per heavy atom. The predicted molar refractivity (Wildman–Crippen MR) is 95.4 cm³/mol. The number of hydrogen-bond donors (Lipinski definition) is 2. The van der Waals surface area contributed by atoms with Crippen LogP contribution in [-0.4, -0.2) is 37.8 Å². The quantitative estimate of drug-likeness (QED) is 0.598. The van der Waals surface area contributed by atoms with E-state index in [1.807, 2.05) is 0 Å². The molecule has 8 heteroatoms. The Morgan fingerprint density at radius 2 is 1.83 bits per heavy atom. The van der Waals surface area contributed by atoms with E-state index >= 15 is 0 Å². The normalized spacial score (nSPS) is 10.3. The lowest BCUT2D eigenvalue weighted by atomic mass is 10.1. The molecule has 0 amide bonds. The monoisotopic (exact) mass is 358 g/mol. The highest BCUT2D eigenvalue weighted by molar-refractivity contribution is 7.80. The van der Waals surface area contributed by atoms with Gasteiger partial charge >= 0.3 is 11.9 Å². The number of hydrogen-bond acceptors (Lipinski definition) is 6. The number of carbonyl (C=O) groups is 2. The Kier molecular flexibility index (Phi) is 7.44. The molecule has 0 aromatic carbocycles. The average Bonchev–Trinajstić information content (AvgIpc) is 2.81. The molecule has 6 nitrogen and oxygen atoms in total. The van der Waals surface area contributed by atoms with Gasteiger partial charge in [-0.15, -0.1) is 11.3 Å². The van der Waals surface area contributed by atoms with E-state index in [1.54, 1.807) is 6.92 Å². The maximum Gasteiger partial charge on any atom is 0.348 e. The van der Waals surface area contributed by atoms with Gasteiger partial charge in [0, 0.05) is 6.54 Å². The number of thiophene rings is 1. The molecule has 0 aliphatic heterocycles. The van der Waals surface area contributed by atoms with E-state index in [0.717, 1.165) is 24.3 Å². The average molecular weight is 358 g/mol. The largest absolute Gasteiger partial charge is 0.465 e. The Balaban J connectivity index is 2.98. The van der Waals surface area contributed by atoms with Crippen molar-refractivity contribution in [1.82, 2.24) is 5.32 Å². The number of thiocarbonyl (C=S) groups is 1. The summed E-state index contributed by atoms with van der Waals surface area (Å²) in [7, 11) is 2.59. The summed E-state index contributed by atoms with van der Waals surface area (Å²) in [5.74, 6) is -0.461. The summed E-state index contributed by atoms with van der Waals surface area (Å²) in [6.45, 7) is 6.65. The molecule has 0 saturated heterocycles. The van der Waals surface area contributed by atoms with E-state index < -0.39 is 11.9 Å².